The molecule has 0 fully saturated rings. The molecular weight excluding hydrogens is 257 g/mol. The highest BCUT2D eigenvalue weighted by atomic mass is 19.1. The van der Waals surface area contributed by atoms with Crippen molar-refractivity contribution in [3.8, 4) is 0 Å². The third-order valence-corrected chi connectivity index (χ3v) is 3.10. The predicted octanol–water partition coefficient (Wildman–Crippen LogP) is 3.58. The average molecular weight is 269 g/mol. The highest BCUT2D eigenvalue weighted by Crippen LogP contribution is 2.21. The number of carbonyl (C=O) groups excluding carboxylic acids is 1. The summed E-state index contributed by atoms with van der Waals surface area (Å²) in [5.74, 6) is -0.260. The number of nitrogen functional groups attached to an aromatic ring is 1. The Balaban J connectivity index is 1.86. The molecule has 0 saturated heterocycles. The van der Waals surface area contributed by atoms with Crippen LogP contribution in [0.15, 0.2) is 52.9 Å². The van der Waals surface area contributed by atoms with Gasteiger partial charge in [0, 0.05) is 17.5 Å². The van der Waals surface area contributed by atoms with Gasteiger partial charge in [-0.25, -0.2) is 4.39 Å². The molecule has 0 bridgehead atoms. The molecular formula is C16H12FNO2. The fourth-order valence-corrected chi connectivity index (χ4v) is 2.06. The standard InChI is InChI=1S/C16H12FNO2/c17-12-3-6-15-11(8-12)9-16(20-15)14(19)7-10-1-4-13(18)5-2-10/h1-6,8-9H,7,18H2. The Morgan fingerprint density at radius 1 is 1.10 bits per heavy atom. The van der Waals surface area contributed by atoms with Gasteiger partial charge in [0.1, 0.15) is 11.4 Å². The maximum Gasteiger partial charge on any atom is 0.202 e. The molecule has 2 aromatic carbocycles. The molecule has 100 valence electrons. The van der Waals surface area contributed by atoms with Gasteiger partial charge in [-0.3, -0.25) is 4.79 Å². The van der Waals surface area contributed by atoms with Crippen LogP contribution in [0.3, 0.4) is 0 Å². The average Bonchev–Trinajstić information content (AvgIpc) is 2.84. The van der Waals surface area contributed by atoms with Crippen LogP contribution in [0.1, 0.15) is 16.1 Å². The second-order valence-corrected chi connectivity index (χ2v) is 4.63. The molecule has 0 atom stereocenters. The van der Waals surface area contributed by atoms with Gasteiger partial charge in [0.15, 0.2) is 5.76 Å². The van der Waals surface area contributed by atoms with Crippen LogP contribution in [0.4, 0.5) is 10.1 Å². The minimum absolute atomic E-state index is 0.147. The zero-order valence-electron chi connectivity index (χ0n) is 10.6. The van der Waals surface area contributed by atoms with E-state index < -0.39 is 0 Å². The summed E-state index contributed by atoms with van der Waals surface area (Å²) < 4.78 is 18.5. The molecule has 0 spiro atoms. The van der Waals surface area contributed by atoms with E-state index in [1.165, 1.54) is 18.2 Å². The first-order valence-corrected chi connectivity index (χ1v) is 6.18. The molecule has 0 aliphatic carbocycles. The Morgan fingerprint density at radius 3 is 2.60 bits per heavy atom. The van der Waals surface area contributed by atoms with Crippen LogP contribution in [-0.4, -0.2) is 5.78 Å². The van der Waals surface area contributed by atoms with E-state index in [0.29, 0.717) is 16.7 Å². The Bertz CT molecular complexity index is 775. The van der Waals surface area contributed by atoms with Crippen molar-refractivity contribution >= 4 is 22.4 Å². The van der Waals surface area contributed by atoms with Gasteiger partial charge in [-0.2, -0.15) is 0 Å². The fourth-order valence-electron chi connectivity index (χ4n) is 2.06. The topological polar surface area (TPSA) is 56.2 Å². The van der Waals surface area contributed by atoms with Crippen molar-refractivity contribution in [1.29, 1.82) is 0 Å². The SMILES string of the molecule is Nc1ccc(CC(=O)c2cc3cc(F)ccc3o2)cc1. The molecule has 0 radical (unpaired) electrons. The number of carbonyl (C=O) groups is 1. The van der Waals surface area contributed by atoms with Crippen molar-refractivity contribution in [2.45, 2.75) is 6.42 Å². The van der Waals surface area contributed by atoms with E-state index in [-0.39, 0.29) is 23.8 Å². The predicted molar refractivity (Wildman–Crippen MR) is 75.1 cm³/mol. The molecule has 0 unspecified atom stereocenters. The number of benzene rings is 2. The lowest BCUT2D eigenvalue weighted by molar-refractivity contribution is 0.0968. The Labute approximate surface area is 114 Å². The Morgan fingerprint density at radius 2 is 1.85 bits per heavy atom. The molecule has 0 saturated carbocycles. The summed E-state index contributed by atoms with van der Waals surface area (Å²) in [6, 6.07) is 12.8. The van der Waals surface area contributed by atoms with E-state index in [1.54, 1.807) is 30.3 Å². The lowest BCUT2D eigenvalue weighted by Crippen LogP contribution is -2.02. The number of halogens is 1. The van der Waals surface area contributed by atoms with Crippen LogP contribution < -0.4 is 5.73 Å². The van der Waals surface area contributed by atoms with Gasteiger partial charge in [0.2, 0.25) is 5.78 Å². The molecule has 2 N–H and O–H groups in total. The summed E-state index contributed by atoms with van der Waals surface area (Å²) >= 11 is 0. The van der Waals surface area contributed by atoms with E-state index >= 15 is 0 Å². The van der Waals surface area contributed by atoms with Crippen LogP contribution in [-0.2, 0) is 6.42 Å². The summed E-state index contributed by atoms with van der Waals surface area (Å²) in [7, 11) is 0. The summed E-state index contributed by atoms with van der Waals surface area (Å²) in [5, 5.41) is 0.589. The van der Waals surface area contributed by atoms with Crippen LogP contribution in [0.5, 0.6) is 0 Å². The van der Waals surface area contributed by atoms with E-state index in [2.05, 4.69) is 0 Å². The maximum absolute atomic E-state index is 13.1. The van der Waals surface area contributed by atoms with Crippen LogP contribution in [0.2, 0.25) is 0 Å². The minimum Gasteiger partial charge on any atom is -0.453 e. The molecule has 20 heavy (non-hydrogen) atoms. The molecule has 0 aliphatic heterocycles. The number of ketones is 1. The van der Waals surface area contributed by atoms with Crippen molar-refractivity contribution in [3.05, 3.63) is 65.7 Å². The number of furan rings is 1. The van der Waals surface area contributed by atoms with E-state index in [0.717, 1.165) is 5.56 Å². The van der Waals surface area contributed by atoms with Gasteiger partial charge in [-0.1, -0.05) is 12.1 Å². The summed E-state index contributed by atoms with van der Waals surface area (Å²) in [5.41, 5.74) is 7.61. The van der Waals surface area contributed by atoms with Crippen molar-refractivity contribution < 1.29 is 13.6 Å². The maximum atomic E-state index is 13.1. The molecule has 0 amide bonds. The molecule has 0 aliphatic rings. The second kappa shape index (κ2) is 4.81. The normalized spacial score (nSPS) is 10.8. The number of fused-ring (bicyclic) bond motifs is 1. The molecule has 1 aromatic heterocycles. The van der Waals surface area contributed by atoms with Crippen molar-refractivity contribution in [2.24, 2.45) is 0 Å². The highest BCUT2D eigenvalue weighted by molar-refractivity contribution is 5.98. The zero-order chi connectivity index (χ0) is 14.1. The van der Waals surface area contributed by atoms with E-state index in [1.807, 2.05) is 0 Å². The number of rotatable bonds is 3. The molecule has 3 nitrogen and oxygen atoms in total. The Hall–Kier alpha value is -2.62. The fraction of sp³-hybridized carbons (Fsp3) is 0.0625. The number of hydrogen-bond acceptors (Lipinski definition) is 3. The highest BCUT2D eigenvalue weighted by Gasteiger charge is 2.13. The first kappa shape index (κ1) is 12.4. The monoisotopic (exact) mass is 269 g/mol. The molecule has 1 heterocycles. The third-order valence-electron chi connectivity index (χ3n) is 3.10. The number of nitrogens with two attached hydrogens (primary N) is 1. The third kappa shape index (κ3) is 2.40. The van der Waals surface area contributed by atoms with Crippen molar-refractivity contribution in [2.75, 3.05) is 5.73 Å². The van der Waals surface area contributed by atoms with Gasteiger partial charge in [0.25, 0.3) is 0 Å². The van der Waals surface area contributed by atoms with Gasteiger partial charge in [-0.15, -0.1) is 0 Å². The summed E-state index contributed by atoms with van der Waals surface area (Å²) in [4.78, 5) is 12.1. The van der Waals surface area contributed by atoms with Gasteiger partial charge >= 0.3 is 0 Å². The second-order valence-electron chi connectivity index (χ2n) is 4.63. The first-order valence-electron chi connectivity index (χ1n) is 6.18. The van der Waals surface area contributed by atoms with Crippen LogP contribution in [0, 0.1) is 5.82 Å². The molecule has 3 aromatic rings. The molecule has 4 heteroatoms. The number of Topliss-reactive ketones (excluding diaryl/α,β-unsaturated/α-hetero) is 1. The quantitative estimate of drug-likeness (QED) is 0.584. The number of hydrogen-bond donors (Lipinski definition) is 1. The van der Waals surface area contributed by atoms with Crippen molar-refractivity contribution in [1.82, 2.24) is 0 Å². The lowest BCUT2D eigenvalue weighted by Gasteiger charge is -1.99. The molecule has 3 rings (SSSR count). The van der Waals surface area contributed by atoms with Crippen LogP contribution in [0.25, 0.3) is 11.0 Å². The smallest absolute Gasteiger partial charge is 0.202 e. The zero-order valence-corrected chi connectivity index (χ0v) is 10.6. The van der Waals surface area contributed by atoms with Gasteiger partial charge in [0.05, 0.1) is 0 Å². The van der Waals surface area contributed by atoms with Crippen molar-refractivity contribution in [3.63, 3.8) is 0 Å². The van der Waals surface area contributed by atoms with Gasteiger partial charge in [-0.05, 0) is 42.0 Å². The lowest BCUT2D eigenvalue weighted by atomic mass is 10.1. The first-order chi connectivity index (χ1) is 9.61. The van der Waals surface area contributed by atoms with E-state index in [4.69, 9.17) is 10.2 Å². The Kier molecular flexibility index (Phi) is 2.99. The van der Waals surface area contributed by atoms with Gasteiger partial charge < -0.3 is 10.2 Å². The largest absolute Gasteiger partial charge is 0.453 e. The summed E-state index contributed by atoms with van der Waals surface area (Å²) in [6.07, 6.45) is 0.225. The van der Waals surface area contributed by atoms with E-state index in [9.17, 15) is 9.18 Å². The summed E-state index contributed by atoms with van der Waals surface area (Å²) in [6.45, 7) is 0. The van der Waals surface area contributed by atoms with Crippen LogP contribution >= 0.6 is 0 Å². The number of anilines is 1. The minimum atomic E-state index is -0.351.